The van der Waals surface area contributed by atoms with Gasteiger partial charge in [0.2, 0.25) is 0 Å². The molecule has 0 aromatic heterocycles. The molecule has 1 aromatic carbocycles. The normalized spacial score (nSPS) is 9.80. The summed E-state index contributed by atoms with van der Waals surface area (Å²) in [6.07, 6.45) is 0. The first kappa shape index (κ1) is 11.5. The Bertz CT molecular complexity index is 338. The molecule has 0 bridgehead atoms. The SMILES string of the molecule is CNC(=O)N(C)Cc1ccccc1CN. The molecule has 0 unspecified atom stereocenters. The summed E-state index contributed by atoms with van der Waals surface area (Å²) in [4.78, 5) is 12.9. The number of carbonyl (C=O) groups excluding carboxylic acids is 1. The lowest BCUT2D eigenvalue weighted by atomic mass is 10.1. The molecule has 0 aliphatic rings. The summed E-state index contributed by atoms with van der Waals surface area (Å²) in [7, 11) is 3.37. The molecule has 0 atom stereocenters. The smallest absolute Gasteiger partial charge is 0.317 e. The highest BCUT2D eigenvalue weighted by atomic mass is 16.2. The van der Waals surface area contributed by atoms with Crippen molar-refractivity contribution >= 4 is 6.03 Å². The van der Waals surface area contributed by atoms with Crippen LogP contribution in [0.4, 0.5) is 4.79 Å². The van der Waals surface area contributed by atoms with Crippen LogP contribution in [0, 0.1) is 0 Å². The zero-order chi connectivity index (χ0) is 11.3. The van der Waals surface area contributed by atoms with Gasteiger partial charge in [0.1, 0.15) is 0 Å². The van der Waals surface area contributed by atoms with Gasteiger partial charge in [-0.3, -0.25) is 0 Å². The Morgan fingerprint density at radius 2 is 2.00 bits per heavy atom. The first-order valence-corrected chi connectivity index (χ1v) is 4.88. The molecule has 4 nitrogen and oxygen atoms in total. The van der Waals surface area contributed by atoms with Gasteiger partial charge in [0.25, 0.3) is 0 Å². The van der Waals surface area contributed by atoms with Crippen molar-refractivity contribution in [2.45, 2.75) is 13.1 Å². The van der Waals surface area contributed by atoms with E-state index in [4.69, 9.17) is 5.73 Å². The number of hydrogen-bond donors (Lipinski definition) is 2. The van der Waals surface area contributed by atoms with Crippen LogP contribution < -0.4 is 11.1 Å². The number of carbonyl (C=O) groups is 1. The van der Waals surface area contributed by atoms with Crippen molar-refractivity contribution in [2.75, 3.05) is 14.1 Å². The number of nitrogens with zero attached hydrogens (tertiary/aromatic N) is 1. The molecule has 1 rings (SSSR count). The summed E-state index contributed by atoms with van der Waals surface area (Å²) in [5.41, 5.74) is 7.78. The van der Waals surface area contributed by atoms with Crippen LogP contribution in [0.5, 0.6) is 0 Å². The zero-order valence-corrected chi connectivity index (χ0v) is 9.16. The van der Waals surface area contributed by atoms with E-state index >= 15 is 0 Å². The van der Waals surface area contributed by atoms with Gasteiger partial charge in [-0.1, -0.05) is 24.3 Å². The van der Waals surface area contributed by atoms with E-state index in [1.807, 2.05) is 24.3 Å². The Labute approximate surface area is 90.1 Å². The van der Waals surface area contributed by atoms with Gasteiger partial charge in [-0.15, -0.1) is 0 Å². The Morgan fingerprint density at radius 3 is 2.53 bits per heavy atom. The Hall–Kier alpha value is -1.55. The minimum Gasteiger partial charge on any atom is -0.341 e. The van der Waals surface area contributed by atoms with Crippen LogP contribution in [0.15, 0.2) is 24.3 Å². The van der Waals surface area contributed by atoms with Crippen molar-refractivity contribution in [3.8, 4) is 0 Å². The molecule has 0 spiro atoms. The first-order chi connectivity index (χ1) is 7.19. The van der Waals surface area contributed by atoms with Crippen LogP contribution in [0.1, 0.15) is 11.1 Å². The van der Waals surface area contributed by atoms with Crippen molar-refractivity contribution in [1.29, 1.82) is 0 Å². The van der Waals surface area contributed by atoms with Crippen LogP contribution in [0.25, 0.3) is 0 Å². The second-order valence-electron chi connectivity index (χ2n) is 3.38. The Balaban J connectivity index is 2.75. The summed E-state index contributed by atoms with van der Waals surface area (Å²) < 4.78 is 0. The van der Waals surface area contributed by atoms with Gasteiger partial charge in [0.05, 0.1) is 0 Å². The van der Waals surface area contributed by atoms with Crippen LogP contribution >= 0.6 is 0 Å². The van der Waals surface area contributed by atoms with Gasteiger partial charge >= 0.3 is 6.03 Å². The highest BCUT2D eigenvalue weighted by Gasteiger charge is 2.08. The summed E-state index contributed by atoms with van der Waals surface area (Å²) in [5.74, 6) is 0. The van der Waals surface area contributed by atoms with Gasteiger partial charge in [-0.2, -0.15) is 0 Å². The molecule has 4 heteroatoms. The van der Waals surface area contributed by atoms with Crippen LogP contribution in [0.3, 0.4) is 0 Å². The quantitative estimate of drug-likeness (QED) is 0.774. The van der Waals surface area contributed by atoms with E-state index < -0.39 is 0 Å². The van der Waals surface area contributed by atoms with Crippen LogP contribution in [0.2, 0.25) is 0 Å². The summed E-state index contributed by atoms with van der Waals surface area (Å²) in [6, 6.07) is 7.77. The van der Waals surface area contributed by atoms with Gasteiger partial charge in [0, 0.05) is 27.2 Å². The molecule has 3 N–H and O–H groups in total. The van der Waals surface area contributed by atoms with E-state index in [9.17, 15) is 4.79 Å². The molecule has 0 aliphatic carbocycles. The number of nitrogens with one attached hydrogen (secondary N) is 1. The summed E-state index contributed by atoms with van der Waals surface area (Å²) in [6.45, 7) is 1.07. The van der Waals surface area contributed by atoms with E-state index in [1.165, 1.54) is 0 Å². The van der Waals surface area contributed by atoms with Gasteiger partial charge in [-0.05, 0) is 11.1 Å². The Kier molecular flexibility index (Phi) is 4.12. The second-order valence-corrected chi connectivity index (χ2v) is 3.38. The molecule has 15 heavy (non-hydrogen) atoms. The second kappa shape index (κ2) is 5.36. The van der Waals surface area contributed by atoms with Gasteiger partial charge in [-0.25, -0.2) is 4.79 Å². The molecule has 0 fully saturated rings. The van der Waals surface area contributed by atoms with E-state index in [-0.39, 0.29) is 6.03 Å². The maximum atomic E-state index is 11.3. The molecular formula is C11H17N3O. The first-order valence-electron chi connectivity index (χ1n) is 4.88. The lowest BCUT2D eigenvalue weighted by Gasteiger charge is -2.18. The molecule has 0 saturated heterocycles. The fourth-order valence-corrected chi connectivity index (χ4v) is 1.43. The number of rotatable bonds is 3. The number of benzene rings is 1. The number of urea groups is 1. The maximum Gasteiger partial charge on any atom is 0.317 e. The van der Waals surface area contributed by atoms with Gasteiger partial charge in [0.15, 0.2) is 0 Å². The highest BCUT2D eigenvalue weighted by molar-refractivity contribution is 5.73. The average molecular weight is 207 g/mol. The van der Waals surface area contributed by atoms with Crippen LogP contribution in [-0.4, -0.2) is 25.0 Å². The molecule has 2 amide bonds. The maximum absolute atomic E-state index is 11.3. The fraction of sp³-hybridized carbons (Fsp3) is 0.364. The minimum atomic E-state index is -0.0955. The van der Waals surface area contributed by atoms with Gasteiger partial charge < -0.3 is 16.0 Å². The number of amides is 2. The molecule has 0 aliphatic heterocycles. The number of nitrogens with two attached hydrogens (primary N) is 1. The minimum absolute atomic E-state index is 0.0955. The predicted octanol–water partition coefficient (Wildman–Crippen LogP) is 0.916. The molecule has 1 aromatic rings. The topological polar surface area (TPSA) is 58.4 Å². The lowest BCUT2D eigenvalue weighted by Crippen LogP contribution is -2.34. The van der Waals surface area contributed by atoms with E-state index in [1.54, 1.807) is 19.0 Å². The van der Waals surface area contributed by atoms with Crippen molar-refractivity contribution in [2.24, 2.45) is 5.73 Å². The largest absolute Gasteiger partial charge is 0.341 e. The summed E-state index contributed by atoms with van der Waals surface area (Å²) >= 11 is 0. The average Bonchev–Trinajstić information content (AvgIpc) is 2.28. The van der Waals surface area contributed by atoms with E-state index in [2.05, 4.69) is 5.32 Å². The van der Waals surface area contributed by atoms with Crippen LogP contribution in [-0.2, 0) is 13.1 Å². The zero-order valence-electron chi connectivity index (χ0n) is 9.16. The number of hydrogen-bond acceptors (Lipinski definition) is 2. The molecular weight excluding hydrogens is 190 g/mol. The van der Waals surface area contributed by atoms with E-state index in [0.29, 0.717) is 13.1 Å². The summed E-state index contributed by atoms with van der Waals surface area (Å²) in [5, 5.41) is 2.58. The van der Waals surface area contributed by atoms with Crippen molar-refractivity contribution in [3.63, 3.8) is 0 Å². The molecule has 0 saturated carbocycles. The monoisotopic (exact) mass is 207 g/mol. The third kappa shape index (κ3) is 2.95. The predicted molar refractivity (Wildman–Crippen MR) is 60.3 cm³/mol. The van der Waals surface area contributed by atoms with Crippen molar-refractivity contribution in [3.05, 3.63) is 35.4 Å². The lowest BCUT2D eigenvalue weighted by molar-refractivity contribution is 0.209. The third-order valence-corrected chi connectivity index (χ3v) is 2.31. The fourth-order valence-electron chi connectivity index (χ4n) is 1.43. The van der Waals surface area contributed by atoms with Crippen molar-refractivity contribution < 1.29 is 4.79 Å². The van der Waals surface area contributed by atoms with Crippen molar-refractivity contribution in [1.82, 2.24) is 10.2 Å². The Morgan fingerprint density at radius 1 is 1.40 bits per heavy atom. The standard InChI is InChI=1S/C11H17N3O/c1-13-11(15)14(2)8-10-6-4-3-5-9(10)7-12/h3-6H,7-8,12H2,1-2H3,(H,13,15). The highest BCUT2D eigenvalue weighted by Crippen LogP contribution is 2.10. The molecule has 0 heterocycles. The third-order valence-electron chi connectivity index (χ3n) is 2.31. The molecule has 0 radical (unpaired) electrons. The van der Waals surface area contributed by atoms with E-state index in [0.717, 1.165) is 11.1 Å². The molecule has 82 valence electrons.